The van der Waals surface area contributed by atoms with Crippen LogP contribution in [0.3, 0.4) is 0 Å². The van der Waals surface area contributed by atoms with Crippen molar-refractivity contribution >= 4 is 14.3 Å². The molecule has 0 aromatic carbocycles. The van der Waals surface area contributed by atoms with Crippen molar-refractivity contribution < 1.29 is 14.0 Å². The van der Waals surface area contributed by atoms with E-state index in [0.717, 1.165) is 0 Å². The van der Waals surface area contributed by atoms with Crippen molar-refractivity contribution in [2.75, 3.05) is 6.61 Å². The first-order chi connectivity index (χ1) is 9.19. The molecule has 4 nitrogen and oxygen atoms in total. The van der Waals surface area contributed by atoms with Crippen LogP contribution in [0.15, 0.2) is 18.3 Å². The molecule has 0 unspecified atom stereocenters. The van der Waals surface area contributed by atoms with Crippen molar-refractivity contribution in [3.05, 3.63) is 29.6 Å². The Balaban J connectivity index is 2.86. The Morgan fingerprint density at radius 3 is 2.55 bits per heavy atom. The lowest BCUT2D eigenvalue weighted by atomic mass is 10.2. The number of carbonyl (C=O) groups is 1. The van der Waals surface area contributed by atoms with Gasteiger partial charge in [0.1, 0.15) is 0 Å². The second-order valence-corrected chi connectivity index (χ2v) is 11.1. The summed E-state index contributed by atoms with van der Waals surface area (Å²) >= 11 is 0. The molecule has 0 aliphatic carbocycles. The molecule has 0 fully saturated rings. The molecule has 0 aliphatic rings. The quantitative estimate of drug-likeness (QED) is 0.612. The van der Waals surface area contributed by atoms with Gasteiger partial charge < -0.3 is 9.16 Å². The molecule has 1 heterocycles. The van der Waals surface area contributed by atoms with Crippen LogP contribution in [0.2, 0.25) is 18.1 Å². The predicted molar refractivity (Wildman–Crippen MR) is 82.2 cm³/mol. The molecule has 5 heteroatoms. The largest absolute Gasteiger partial charge is 0.462 e. The third-order valence-corrected chi connectivity index (χ3v) is 8.24. The zero-order valence-electron chi connectivity index (χ0n) is 13.3. The van der Waals surface area contributed by atoms with Gasteiger partial charge in [-0.25, -0.2) is 4.79 Å². The number of hydrogen-bond donors (Lipinski definition) is 0. The van der Waals surface area contributed by atoms with Gasteiger partial charge in [-0.2, -0.15) is 0 Å². The van der Waals surface area contributed by atoms with Gasteiger partial charge in [0.2, 0.25) is 0 Å². The molecule has 20 heavy (non-hydrogen) atoms. The molecule has 0 saturated carbocycles. The number of pyridine rings is 1. The van der Waals surface area contributed by atoms with Crippen LogP contribution in [-0.2, 0) is 15.8 Å². The zero-order chi connectivity index (χ0) is 15.4. The van der Waals surface area contributed by atoms with Gasteiger partial charge in [0.15, 0.2) is 8.32 Å². The molecule has 1 aromatic heterocycles. The van der Waals surface area contributed by atoms with Crippen molar-refractivity contribution in [1.82, 2.24) is 4.98 Å². The van der Waals surface area contributed by atoms with E-state index < -0.39 is 8.32 Å². The Kier molecular flexibility index (Phi) is 5.47. The molecule has 0 N–H and O–H groups in total. The second kappa shape index (κ2) is 6.50. The van der Waals surface area contributed by atoms with E-state index >= 15 is 0 Å². The Hall–Kier alpha value is -1.20. The summed E-state index contributed by atoms with van der Waals surface area (Å²) < 4.78 is 11.2. The lowest BCUT2D eigenvalue weighted by molar-refractivity contribution is 0.0522. The van der Waals surface area contributed by atoms with Crippen molar-refractivity contribution in [2.24, 2.45) is 0 Å². The van der Waals surface area contributed by atoms with Crippen LogP contribution in [0.1, 0.15) is 43.7 Å². The number of rotatable bonds is 5. The molecule has 0 bridgehead atoms. The minimum atomic E-state index is -1.86. The Morgan fingerprint density at radius 1 is 1.35 bits per heavy atom. The standard InChI is InChI=1S/C15H25NO3Si/c1-7-18-14(17)12-9-8-10-16-13(12)11-19-20(5,6)15(2,3)4/h8-10H,7,11H2,1-6H3. The van der Waals surface area contributed by atoms with E-state index in [-0.39, 0.29) is 11.0 Å². The fourth-order valence-electron chi connectivity index (χ4n) is 1.41. The third kappa shape index (κ3) is 4.15. The van der Waals surface area contributed by atoms with Crippen LogP contribution in [-0.4, -0.2) is 25.9 Å². The van der Waals surface area contributed by atoms with E-state index in [1.165, 1.54) is 0 Å². The summed E-state index contributed by atoms with van der Waals surface area (Å²) in [5.41, 5.74) is 1.14. The van der Waals surface area contributed by atoms with Crippen LogP contribution in [0.5, 0.6) is 0 Å². The summed E-state index contributed by atoms with van der Waals surface area (Å²) in [6.45, 7) is 13.4. The summed E-state index contributed by atoms with van der Waals surface area (Å²) in [6, 6.07) is 3.47. The summed E-state index contributed by atoms with van der Waals surface area (Å²) in [7, 11) is -1.86. The maximum absolute atomic E-state index is 11.9. The number of ether oxygens (including phenoxy) is 1. The average molecular weight is 295 g/mol. The lowest BCUT2D eigenvalue weighted by Gasteiger charge is -2.36. The number of aromatic nitrogens is 1. The minimum Gasteiger partial charge on any atom is -0.462 e. The number of carbonyl (C=O) groups excluding carboxylic acids is 1. The van der Waals surface area contributed by atoms with Gasteiger partial charge in [-0.1, -0.05) is 20.8 Å². The predicted octanol–water partition coefficient (Wildman–Crippen LogP) is 3.78. The summed E-state index contributed by atoms with van der Waals surface area (Å²) in [6.07, 6.45) is 1.67. The molecular weight excluding hydrogens is 270 g/mol. The fourth-order valence-corrected chi connectivity index (χ4v) is 2.34. The van der Waals surface area contributed by atoms with Gasteiger partial charge in [0.05, 0.1) is 24.5 Å². The Morgan fingerprint density at radius 2 is 2.00 bits per heavy atom. The first kappa shape index (κ1) is 16.9. The van der Waals surface area contributed by atoms with Crippen molar-refractivity contribution in [3.8, 4) is 0 Å². The van der Waals surface area contributed by atoms with Gasteiger partial charge in [0, 0.05) is 6.20 Å². The number of esters is 1. The van der Waals surface area contributed by atoms with Crippen LogP contribution >= 0.6 is 0 Å². The maximum atomic E-state index is 11.9. The monoisotopic (exact) mass is 295 g/mol. The lowest BCUT2D eigenvalue weighted by Crippen LogP contribution is -2.40. The fraction of sp³-hybridized carbons (Fsp3) is 0.600. The number of nitrogens with zero attached hydrogens (tertiary/aromatic N) is 1. The van der Waals surface area contributed by atoms with E-state index in [4.69, 9.17) is 9.16 Å². The maximum Gasteiger partial charge on any atom is 0.340 e. The first-order valence-corrected chi connectivity index (χ1v) is 9.85. The molecule has 0 saturated heterocycles. The highest BCUT2D eigenvalue weighted by Crippen LogP contribution is 2.37. The smallest absolute Gasteiger partial charge is 0.340 e. The minimum absolute atomic E-state index is 0.131. The Bertz CT molecular complexity index is 466. The topological polar surface area (TPSA) is 48.4 Å². The van der Waals surface area contributed by atoms with Gasteiger partial charge in [-0.3, -0.25) is 4.98 Å². The Labute approximate surface area is 122 Å². The van der Waals surface area contributed by atoms with E-state index in [9.17, 15) is 4.79 Å². The van der Waals surface area contributed by atoms with E-state index in [2.05, 4.69) is 38.8 Å². The average Bonchev–Trinajstić information content (AvgIpc) is 2.35. The van der Waals surface area contributed by atoms with E-state index in [1.54, 1.807) is 25.3 Å². The summed E-state index contributed by atoms with van der Waals surface area (Å²) in [4.78, 5) is 16.1. The number of hydrogen-bond acceptors (Lipinski definition) is 4. The molecule has 0 aliphatic heterocycles. The van der Waals surface area contributed by atoms with Crippen LogP contribution in [0, 0.1) is 0 Å². The third-order valence-electron chi connectivity index (χ3n) is 3.76. The van der Waals surface area contributed by atoms with E-state index in [0.29, 0.717) is 24.5 Å². The highest BCUT2D eigenvalue weighted by molar-refractivity contribution is 6.74. The normalized spacial score (nSPS) is 12.3. The molecule has 0 spiro atoms. The highest BCUT2D eigenvalue weighted by Gasteiger charge is 2.37. The summed E-state index contributed by atoms with van der Waals surface area (Å²) in [5, 5.41) is 0.131. The van der Waals surface area contributed by atoms with Crippen LogP contribution < -0.4 is 0 Å². The molecule has 1 aromatic rings. The molecule has 0 atom stereocenters. The van der Waals surface area contributed by atoms with Crippen molar-refractivity contribution in [3.63, 3.8) is 0 Å². The summed E-state index contributed by atoms with van der Waals surface area (Å²) in [5.74, 6) is -0.338. The molecular formula is C15H25NO3Si. The second-order valence-electron chi connectivity index (χ2n) is 6.27. The van der Waals surface area contributed by atoms with E-state index in [1.807, 2.05) is 0 Å². The molecule has 112 valence electrons. The highest BCUT2D eigenvalue weighted by atomic mass is 28.4. The molecule has 0 amide bonds. The van der Waals surface area contributed by atoms with Crippen LogP contribution in [0.4, 0.5) is 0 Å². The van der Waals surface area contributed by atoms with Gasteiger partial charge >= 0.3 is 5.97 Å². The van der Waals surface area contributed by atoms with Crippen molar-refractivity contribution in [2.45, 2.75) is 52.4 Å². The molecule has 1 rings (SSSR count). The van der Waals surface area contributed by atoms with Gasteiger partial charge in [-0.15, -0.1) is 0 Å². The molecule has 0 radical (unpaired) electrons. The van der Waals surface area contributed by atoms with Crippen LogP contribution in [0.25, 0.3) is 0 Å². The SMILES string of the molecule is CCOC(=O)c1cccnc1CO[Si](C)(C)C(C)(C)C. The van der Waals surface area contributed by atoms with Gasteiger partial charge in [0.25, 0.3) is 0 Å². The zero-order valence-corrected chi connectivity index (χ0v) is 14.3. The van der Waals surface area contributed by atoms with Gasteiger partial charge in [-0.05, 0) is 37.2 Å². The first-order valence-electron chi connectivity index (χ1n) is 6.94. The van der Waals surface area contributed by atoms with Crippen molar-refractivity contribution in [1.29, 1.82) is 0 Å².